The lowest BCUT2D eigenvalue weighted by Gasteiger charge is -2.15. The lowest BCUT2D eigenvalue weighted by Crippen LogP contribution is -2.10. The second kappa shape index (κ2) is 7.25. The summed E-state index contributed by atoms with van der Waals surface area (Å²) in [7, 11) is 0. The molecule has 0 bridgehead atoms. The molecule has 0 fully saturated rings. The van der Waals surface area contributed by atoms with Crippen molar-refractivity contribution < 1.29 is 0 Å². The fraction of sp³-hybridized carbons (Fsp3) is 0.105. The molecule has 5 heteroatoms. The Labute approximate surface area is 141 Å². The molecule has 2 N–H and O–H groups in total. The first kappa shape index (κ1) is 15.5. The quantitative estimate of drug-likeness (QED) is 0.735. The minimum absolute atomic E-state index is 0.0906. The van der Waals surface area contributed by atoms with Crippen molar-refractivity contribution in [1.29, 1.82) is 5.26 Å². The Hall–Kier alpha value is -3.39. The Morgan fingerprint density at radius 2 is 1.75 bits per heavy atom. The molecule has 0 spiro atoms. The lowest BCUT2D eigenvalue weighted by atomic mass is 10.1. The Morgan fingerprint density at radius 1 is 1.00 bits per heavy atom. The van der Waals surface area contributed by atoms with Crippen molar-refractivity contribution in [3.8, 4) is 6.07 Å². The molecular formula is C19H17N5. The number of hydrogen-bond acceptors (Lipinski definition) is 5. The summed E-state index contributed by atoms with van der Waals surface area (Å²) in [5.41, 5.74) is 2.46. The van der Waals surface area contributed by atoms with E-state index in [9.17, 15) is 0 Å². The monoisotopic (exact) mass is 315 g/mol. The first-order valence-electron chi connectivity index (χ1n) is 7.67. The van der Waals surface area contributed by atoms with Crippen molar-refractivity contribution >= 4 is 17.5 Å². The highest BCUT2D eigenvalue weighted by molar-refractivity contribution is 5.64. The summed E-state index contributed by atoms with van der Waals surface area (Å²) in [4.78, 5) is 8.73. The van der Waals surface area contributed by atoms with Crippen LogP contribution in [-0.2, 0) is 0 Å². The van der Waals surface area contributed by atoms with Crippen molar-refractivity contribution in [3.05, 3.63) is 78.0 Å². The third-order valence-electron chi connectivity index (χ3n) is 3.61. The second-order valence-corrected chi connectivity index (χ2v) is 5.32. The maximum Gasteiger partial charge on any atom is 0.225 e. The van der Waals surface area contributed by atoms with E-state index in [4.69, 9.17) is 5.26 Å². The summed E-state index contributed by atoms with van der Waals surface area (Å²) < 4.78 is 0. The summed E-state index contributed by atoms with van der Waals surface area (Å²) in [5.74, 6) is 1.17. The van der Waals surface area contributed by atoms with Gasteiger partial charge in [0.2, 0.25) is 5.95 Å². The number of hydrogen-bond donors (Lipinski definition) is 2. The fourth-order valence-corrected chi connectivity index (χ4v) is 2.34. The first-order valence-corrected chi connectivity index (χ1v) is 7.67. The molecule has 3 rings (SSSR count). The highest BCUT2D eigenvalue weighted by Crippen LogP contribution is 2.21. The maximum absolute atomic E-state index is 9.16. The normalized spacial score (nSPS) is 11.3. The Bertz CT molecular complexity index is 855. The molecule has 1 atom stereocenters. The molecule has 0 amide bonds. The molecule has 0 aliphatic carbocycles. The first-order chi connectivity index (χ1) is 11.8. The van der Waals surface area contributed by atoms with E-state index in [0.29, 0.717) is 17.3 Å². The van der Waals surface area contributed by atoms with Crippen molar-refractivity contribution in [3.63, 3.8) is 0 Å². The zero-order chi connectivity index (χ0) is 16.8. The molecule has 1 unspecified atom stereocenters. The molecule has 0 saturated carbocycles. The van der Waals surface area contributed by atoms with Gasteiger partial charge in [0.15, 0.2) is 0 Å². The minimum atomic E-state index is 0.0906. The maximum atomic E-state index is 9.16. The van der Waals surface area contributed by atoms with Crippen LogP contribution in [0.4, 0.5) is 17.5 Å². The Balaban J connectivity index is 1.76. The highest BCUT2D eigenvalue weighted by Gasteiger charge is 2.08. The zero-order valence-electron chi connectivity index (χ0n) is 13.3. The third kappa shape index (κ3) is 3.68. The summed E-state index contributed by atoms with van der Waals surface area (Å²) >= 11 is 0. The molecular weight excluding hydrogens is 298 g/mol. The Kier molecular flexibility index (Phi) is 4.68. The van der Waals surface area contributed by atoms with E-state index in [-0.39, 0.29) is 6.04 Å². The van der Waals surface area contributed by atoms with E-state index >= 15 is 0 Å². The van der Waals surface area contributed by atoms with E-state index in [0.717, 1.165) is 11.3 Å². The predicted octanol–water partition coefficient (Wildman–Crippen LogP) is 4.26. The number of nitriles is 1. The predicted molar refractivity (Wildman–Crippen MR) is 95.0 cm³/mol. The Morgan fingerprint density at radius 3 is 2.54 bits per heavy atom. The average molecular weight is 315 g/mol. The third-order valence-corrected chi connectivity index (χ3v) is 3.61. The molecule has 0 saturated heterocycles. The van der Waals surface area contributed by atoms with Crippen LogP contribution in [0.15, 0.2) is 66.9 Å². The van der Waals surface area contributed by atoms with Crippen LogP contribution in [0.1, 0.15) is 24.1 Å². The summed E-state index contributed by atoms with van der Waals surface area (Å²) in [5, 5.41) is 15.6. The molecule has 24 heavy (non-hydrogen) atoms. The molecule has 2 aromatic carbocycles. The van der Waals surface area contributed by atoms with Gasteiger partial charge in [0.05, 0.1) is 17.3 Å². The molecule has 3 aromatic rings. The van der Waals surface area contributed by atoms with Crippen molar-refractivity contribution in [2.24, 2.45) is 0 Å². The molecule has 1 heterocycles. The number of nitrogens with zero attached hydrogens (tertiary/aromatic N) is 3. The van der Waals surface area contributed by atoms with Crippen LogP contribution in [0.25, 0.3) is 0 Å². The molecule has 1 aromatic heterocycles. The van der Waals surface area contributed by atoms with Gasteiger partial charge in [-0.05, 0) is 30.7 Å². The fourth-order valence-electron chi connectivity index (χ4n) is 2.34. The van der Waals surface area contributed by atoms with E-state index in [2.05, 4.69) is 45.7 Å². The van der Waals surface area contributed by atoms with E-state index < -0.39 is 0 Å². The van der Waals surface area contributed by atoms with Gasteiger partial charge in [-0.25, -0.2) is 4.98 Å². The highest BCUT2D eigenvalue weighted by atomic mass is 15.1. The smallest absolute Gasteiger partial charge is 0.225 e. The number of para-hydroxylation sites is 1. The van der Waals surface area contributed by atoms with E-state index in [1.54, 1.807) is 18.3 Å². The van der Waals surface area contributed by atoms with Crippen molar-refractivity contribution in [2.45, 2.75) is 13.0 Å². The number of benzene rings is 2. The van der Waals surface area contributed by atoms with Crippen LogP contribution in [-0.4, -0.2) is 9.97 Å². The lowest BCUT2D eigenvalue weighted by molar-refractivity contribution is 0.861. The number of rotatable bonds is 5. The average Bonchev–Trinajstić information content (AvgIpc) is 2.63. The number of nitrogens with one attached hydrogen (secondary N) is 2. The van der Waals surface area contributed by atoms with Gasteiger partial charge < -0.3 is 10.6 Å². The van der Waals surface area contributed by atoms with E-state index in [1.807, 2.05) is 36.4 Å². The summed E-state index contributed by atoms with van der Waals surface area (Å²) in [6.45, 7) is 2.06. The van der Waals surface area contributed by atoms with Gasteiger partial charge in [0, 0.05) is 6.20 Å². The number of anilines is 3. The van der Waals surface area contributed by atoms with Crippen molar-refractivity contribution in [2.75, 3.05) is 10.6 Å². The second-order valence-electron chi connectivity index (χ2n) is 5.32. The van der Waals surface area contributed by atoms with E-state index in [1.165, 1.54) is 0 Å². The molecule has 5 nitrogen and oxygen atoms in total. The van der Waals surface area contributed by atoms with Gasteiger partial charge in [0.1, 0.15) is 11.9 Å². The van der Waals surface area contributed by atoms with Crippen LogP contribution in [0.5, 0.6) is 0 Å². The number of aromatic nitrogens is 2. The molecule has 118 valence electrons. The van der Waals surface area contributed by atoms with Gasteiger partial charge in [0.25, 0.3) is 0 Å². The van der Waals surface area contributed by atoms with Gasteiger partial charge >= 0.3 is 0 Å². The van der Waals surface area contributed by atoms with Crippen LogP contribution < -0.4 is 10.6 Å². The summed E-state index contributed by atoms with van der Waals surface area (Å²) in [6, 6.07) is 21.5. The minimum Gasteiger partial charge on any atom is -0.348 e. The molecule has 0 aliphatic rings. The van der Waals surface area contributed by atoms with Crippen LogP contribution >= 0.6 is 0 Å². The van der Waals surface area contributed by atoms with Crippen LogP contribution in [0.3, 0.4) is 0 Å². The van der Waals surface area contributed by atoms with Gasteiger partial charge in [-0.1, -0.05) is 42.5 Å². The van der Waals surface area contributed by atoms with Gasteiger partial charge in [-0.15, -0.1) is 0 Å². The standard InChI is InChI=1S/C19H17N5/c1-14(15-7-3-2-4-8-15)22-19-21-12-11-18(24-19)23-17-10-6-5-9-16(17)13-20/h2-12,14H,1H3,(H2,21,22,23,24). The van der Waals surface area contributed by atoms with Crippen LogP contribution in [0, 0.1) is 11.3 Å². The molecule has 0 radical (unpaired) electrons. The SMILES string of the molecule is CC(Nc1nccc(Nc2ccccc2C#N)n1)c1ccccc1. The largest absolute Gasteiger partial charge is 0.348 e. The van der Waals surface area contributed by atoms with Gasteiger partial charge in [-0.2, -0.15) is 10.2 Å². The summed E-state index contributed by atoms with van der Waals surface area (Å²) in [6.07, 6.45) is 1.68. The molecule has 0 aliphatic heterocycles. The van der Waals surface area contributed by atoms with Gasteiger partial charge in [-0.3, -0.25) is 0 Å². The van der Waals surface area contributed by atoms with Crippen molar-refractivity contribution in [1.82, 2.24) is 9.97 Å². The topological polar surface area (TPSA) is 73.6 Å². The van der Waals surface area contributed by atoms with Crippen LogP contribution in [0.2, 0.25) is 0 Å². The zero-order valence-corrected chi connectivity index (χ0v) is 13.3.